The molecule has 2 rings (SSSR count). The van der Waals surface area contributed by atoms with Gasteiger partial charge in [-0.2, -0.15) is 0 Å². The molecule has 4 N–H and O–H groups in total. The minimum atomic E-state index is -0.400. The number of nitrogens with zero attached hydrogens (tertiary/aromatic N) is 2. The van der Waals surface area contributed by atoms with Crippen molar-refractivity contribution >= 4 is 13.5 Å². The van der Waals surface area contributed by atoms with Gasteiger partial charge in [0.15, 0.2) is 0 Å². The average molecular weight is 286 g/mol. The van der Waals surface area contributed by atoms with Crippen LogP contribution in [0, 0.1) is 0 Å². The van der Waals surface area contributed by atoms with E-state index in [1.54, 1.807) is 24.3 Å². The second-order valence-corrected chi connectivity index (χ2v) is 4.20. The molecule has 0 unspecified atom stereocenters. The topological polar surface area (TPSA) is 110 Å². The lowest BCUT2D eigenvalue weighted by atomic mass is 10.1. The van der Waals surface area contributed by atoms with Crippen LogP contribution in [-0.4, -0.2) is 28.5 Å². The van der Waals surface area contributed by atoms with Crippen molar-refractivity contribution in [2.45, 2.75) is 13.2 Å². The van der Waals surface area contributed by atoms with Gasteiger partial charge in [0.2, 0.25) is 11.8 Å². The SMILES string of the molecule is NCc1cc(OCc2cccc(C(=O)NBO)c2)ncn1. The van der Waals surface area contributed by atoms with E-state index in [4.69, 9.17) is 15.5 Å². The number of aromatic nitrogens is 2. The first kappa shape index (κ1) is 15.0. The zero-order valence-electron chi connectivity index (χ0n) is 11.3. The molecular weight excluding hydrogens is 271 g/mol. The van der Waals surface area contributed by atoms with E-state index < -0.39 is 7.62 Å². The summed E-state index contributed by atoms with van der Waals surface area (Å²) in [7, 11) is -0.400. The molecule has 1 aromatic heterocycles. The second kappa shape index (κ2) is 7.37. The number of amides is 1. The molecule has 0 aliphatic rings. The molecule has 2 aromatic rings. The van der Waals surface area contributed by atoms with Gasteiger partial charge < -0.3 is 20.7 Å². The molecule has 8 heteroatoms. The summed E-state index contributed by atoms with van der Waals surface area (Å²) in [4.78, 5) is 19.6. The third kappa shape index (κ3) is 4.27. The maximum atomic E-state index is 11.6. The Hall–Kier alpha value is -2.45. The van der Waals surface area contributed by atoms with Gasteiger partial charge >= 0.3 is 7.62 Å². The maximum absolute atomic E-state index is 11.6. The molecule has 1 amide bonds. The summed E-state index contributed by atoms with van der Waals surface area (Å²) in [6, 6.07) is 8.60. The minimum Gasteiger partial charge on any atom is -0.473 e. The maximum Gasteiger partial charge on any atom is 0.393 e. The van der Waals surface area contributed by atoms with Crippen molar-refractivity contribution in [2.24, 2.45) is 5.73 Å². The van der Waals surface area contributed by atoms with Crippen molar-refractivity contribution in [3.05, 3.63) is 53.5 Å². The summed E-state index contributed by atoms with van der Waals surface area (Å²) in [6.45, 7) is 0.580. The molecular formula is C13H15BN4O3. The van der Waals surface area contributed by atoms with Gasteiger partial charge in [-0.3, -0.25) is 4.79 Å². The van der Waals surface area contributed by atoms with E-state index in [1.807, 2.05) is 6.07 Å². The van der Waals surface area contributed by atoms with Crippen LogP contribution in [0.1, 0.15) is 21.6 Å². The Morgan fingerprint density at radius 2 is 2.24 bits per heavy atom. The molecule has 1 heterocycles. The third-order valence-electron chi connectivity index (χ3n) is 2.72. The van der Waals surface area contributed by atoms with E-state index in [9.17, 15) is 4.79 Å². The van der Waals surface area contributed by atoms with Crippen LogP contribution in [0.25, 0.3) is 0 Å². The van der Waals surface area contributed by atoms with Gasteiger partial charge in [-0.1, -0.05) is 12.1 Å². The standard InChI is InChI=1S/C13H15BN4O3/c15-6-11-5-12(17-8-16-11)21-7-9-2-1-3-10(4-9)13(19)18-14-20/h1-5,8,14,20H,6-7,15H2,(H,18,19). The zero-order chi connectivity index (χ0) is 15.1. The first-order valence-corrected chi connectivity index (χ1v) is 6.34. The van der Waals surface area contributed by atoms with Gasteiger partial charge in [0.25, 0.3) is 0 Å². The number of benzene rings is 1. The summed E-state index contributed by atoms with van der Waals surface area (Å²) >= 11 is 0. The number of carbonyl (C=O) groups excluding carboxylic acids is 1. The Kier molecular flexibility index (Phi) is 5.25. The molecule has 0 aliphatic carbocycles. The number of ether oxygens (including phenoxy) is 1. The molecule has 21 heavy (non-hydrogen) atoms. The molecule has 0 saturated carbocycles. The van der Waals surface area contributed by atoms with Crippen molar-refractivity contribution < 1.29 is 14.6 Å². The first-order chi connectivity index (χ1) is 10.2. The van der Waals surface area contributed by atoms with Gasteiger partial charge in [-0.05, 0) is 17.7 Å². The second-order valence-electron chi connectivity index (χ2n) is 4.20. The van der Waals surface area contributed by atoms with E-state index in [2.05, 4.69) is 15.2 Å². The Labute approximate surface area is 122 Å². The predicted molar refractivity (Wildman–Crippen MR) is 77.5 cm³/mol. The van der Waals surface area contributed by atoms with Crippen LogP contribution in [0.4, 0.5) is 0 Å². The summed E-state index contributed by atoms with van der Waals surface area (Å²) in [5.41, 5.74) is 7.46. The Morgan fingerprint density at radius 3 is 3.00 bits per heavy atom. The molecule has 0 radical (unpaired) electrons. The lowest BCUT2D eigenvalue weighted by molar-refractivity contribution is 0.0977. The Bertz CT molecular complexity index is 624. The van der Waals surface area contributed by atoms with Crippen molar-refractivity contribution in [3.8, 4) is 5.88 Å². The molecule has 0 atom stereocenters. The van der Waals surface area contributed by atoms with Gasteiger partial charge in [0, 0.05) is 18.2 Å². The third-order valence-corrected chi connectivity index (χ3v) is 2.72. The number of hydrogen-bond acceptors (Lipinski definition) is 6. The summed E-state index contributed by atoms with van der Waals surface area (Å²) in [6.07, 6.45) is 1.39. The summed E-state index contributed by atoms with van der Waals surface area (Å²) in [5, 5.41) is 11.0. The summed E-state index contributed by atoms with van der Waals surface area (Å²) < 4.78 is 5.54. The van der Waals surface area contributed by atoms with E-state index in [0.29, 0.717) is 23.7 Å². The monoisotopic (exact) mass is 286 g/mol. The van der Waals surface area contributed by atoms with Gasteiger partial charge in [-0.25, -0.2) is 9.97 Å². The van der Waals surface area contributed by atoms with E-state index >= 15 is 0 Å². The average Bonchev–Trinajstić information content (AvgIpc) is 2.53. The number of nitrogens with two attached hydrogens (primary N) is 1. The highest BCUT2D eigenvalue weighted by Gasteiger charge is 2.06. The largest absolute Gasteiger partial charge is 0.473 e. The number of rotatable bonds is 6. The number of hydrogen-bond donors (Lipinski definition) is 3. The molecule has 1 aromatic carbocycles. The smallest absolute Gasteiger partial charge is 0.393 e. The first-order valence-electron chi connectivity index (χ1n) is 6.34. The molecule has 0 spiro atoms. The Balaban J connectivity index is 2.02. The van der Waals surface area contributed by atoms with Crippen molar-refractivity contribution in [2.75, 3.05) is 0 Å². The van der Waals surface area contributed by atoms with Crippen LogP contribution in [0.2, 0.25) is 0 Å². The predicted octanol–water partition coefficient (Wildman–Crippen LogP) is -0.497. The van der Waals surface area contributed by atoms with Crippen molar-refractivity contribution in [3.63, 3.8) is 0 Å². The lowest BCUT2D eigenvalue weighted by Gasteiger charge is -2.07. The van der Waals surface area contributed by atoms with Gasteiger partial charge in [-0.15, -0.1) is 0 Å². The molecule has 7 nitrogen and oxygen atoms in total. The van der Waals surface area contributed by atoms with E-state index in [-0.39, 0.29) is 12.5 Å². The highest BCUT2D eigenvalue weighted by Crippen LogP contribution is 2.11. The Morgan fingerprint density at radius 1 is 1.38 bits per heavy atom. The number of nitrogens with one attached hydrogen (secondary N) is 1. The van der Waals surface area contributed by atoms with Crippen LogP contribution in [0.15, 0.2) is 36.7 Å². The van der Waals surface area contributed by atoms with Gasteiger partial charge in [0.05, 0.1) is 5.69 Å². The van der Waals surface area contributed by atoms with E-state index in [0.717, 1.165) is 5.56 Å². The van der Waals surface area contributed by atoms with Gasteiger partial charge in [0.1, 0.15) is 12.9 Å². The highest BCUT2D eigenvalue weighted by atomic mass is 16.5. The van der Waals surface area contributed by atoms with Crippen LogP contribution >= 0.6 is 0 Å². The van der Waals surface area contributed by atoms with Crippen molar-refractivity contribution in [1.82, 2.24) is 15.2 Å². The van der Waals surface area contributed by atoms with Crippen LogP contribution in [-0.2, 0) is 13.2 Å². The van der Waals surface area contributed by atoms with Crippen LogP contribution in [0.5, 0.6) is 5.88 Å². The lowest BCUT2D eigenvalue weighted by Crippen LogP contribution is -2.27. The van der Waals surface area contributed by atoms with Crippen LogP contribution in [0.3, 0.4) is 0 Å². The number of carbonyl (C=O) groups is 1. The van der Waals surface area contributed by atoms with E-state index in [1.165, 1.54) is 6.33 Å². The minimum absolute atomic E-state index is 0.265. The zero-order valence-corrected chi connectivity index (χ0v) is 11.3. The molecule has 0 fully saturated rings. The highest BCUT2D eigenvalue weighted by molar-refractivity contribution is 6.29. The fourth-order valence-corrected chi connectivity index (χ4v) is 1.70. The molecule has 0 aliphatic heterocycles. The summed E-state index contributed by atoms with van der Waals surface area (Å²) in [5.74, 6) is 0.0856. The fraction of sp³-hybridized carbons (Fsp3) is 0.154. The van der Waals surface area contributed by atoms with Crippen LogP contribution < -0.4 is 15.7 Å². The molecule has 108 valence electrons. The fourth-order valence-electron chi connectivity index (χ4n) is 1.70. The normalized spacial score (nSPS) is 10.0. The van der Waals surface area contributed by atoms with Crippen molar-refractivity contribution in [1.29, 1.82) is 0 Å². The molecule has 0 bridgehead atoms. The quantitative estimate of drug-likeness (QED) is 0.618. The molecule has 0 saturated heterocycles.